The smallest absolute Gasteiger partial charge is 0.319 e. The minimum absolute atomic E-state index is 0.0471. The molecule has 2 aromatic heterocycles. The standard InChI is InChI=1S/C28H42N8O4/c1-16(2)19(34-27(39)33-18-9-7-17(8-10-18)28(3,4)5)11-12-35(6)13-20-22(37)23(38)26(40-20)36-15-32-21-24(29)30-14-31-25(21)36/h7-10,14-16,19-20,22-23,26,37-38H,11-13H2,1-6H3,(H2,29,30,31)(H2,33,34,39)/t19-,20+,22+,23+,26?/m0/s1. The highest BCUT2D eigenvalue weighted by Gasteiger charge is 2.44. The van der Waals surface area contributed by atoms with Crippen molar-refractivity contribution in [1.29, 1.82) is 0 Å². The zero-order valence-corrected chi connectivity index (χ0v) is 24.1. The van der Waals surface area contributed by atoms with E-state index >= 15 is 0 Å². The number of ether oxygens (including phenoxy) is 1. The summed E-state index contributed by atoms with van der Waals surface area (Å²) in [5.74, 6) is 0.444. The molecule has 1 fully saturated rings. The number of aliphatic hydroxyl groups excluding tert-OH is 2. The highest BCUT2D eigenvalue weighted by molar-refractivity contribution is 5.89. The van der Waals surface area contributed by atoms with Crippen LogP contribution in [-0.2, 0) is 10.2 Å². The Bertz CT molecular complexity index is 1290. The van der Waals surface area contributed by atoms with Crippen LogP contribution in [0.1, 0.15) is 52.8 Å². The number of aliphatic hydroxyl groups is 2. The number of likely N-dealkylation sites (N-methyl/N-ethyl adjacent to an activating group) is 1. The van der Waals surface area contributed by atoms with Crippen molar-refractivity contribution in [3.63, 3.8) is 0 Å². The number of urea groups is 1. The highest BCUT2D eigenvalue weighted by atomic mass is 16.6. The number of nitrogens with one attached hydrogen (secondary N) is 2. The number of carbonyl (C=O) groups excluding carboxylic acids is 1. The van der Waals surface area contributed by atoms with Crippen LogP contribution < -0.4 is 16.4 Å². The van der Waals surface area contributed by atoms with E-state index in [1.165, 1.54) is 18.2 Å². The Labute approximate surface area is 235 Å². The lowest BCUT2D eigenvalue weighted by Gasteiger charge is -2.27. The quantitative estimate of drug-likeness (QED) is 0.267. The zero-order valence-electron chi connectivity index (χ0n) is 24.1. The second-order valence-corrected chi connectivity index (χ2v) is 12.0. The van der Waals surface area contributed by atoms with Crippen LogP contribution in [0.4, 0.5) is 16.3 Å². The third-order valence-electron chi connectivity index (χ3n) is 7.44. The first-order valence-corrected chi connectivity index (χ1v) is 13.7. The number of hydrogen-bond donors (Lipinski definition) is 5. The van der Waals surface area contributed by atoms with Crippen molar-refractivity contribution >= 4 is 28.7 Å². The summed E-state index contributed by atoms with van der Waals surface area (Å²) in [6.45, 7) is 11.6. The molecule has 6 N–H and O–H groups in total. The summed E-state index contributed by atoms with van der Waals surface area (Å²) in [5.41, 5.74) is 8.70. The van der Waals surface area contributed by atoms with Crippen molar-refractivity contribution in [3.05, 3.63) is 42.5 Å². The Morgan fingerprint density at radius 3 is 2.50 bits per heavy atom. The molecule has 0 spiro atoms. The van der Waals surface area contributed by atoms with Crippen molar-refractivity contribution in [2.75, 3.05) is 31.2 Å². The molecular formula is C28H42N8O4. The predicted octanol–water partition coefficient (Wildman–Crippen LogP) is 2.49. The Kier molecular flexibility index (Phi) is 8.93. The van der Waals surface area contributed by atoms with Gasteiger partial charge in [-0.15, -0.1) is 0 Å². The van der Waals surface area contributed by atoms with E-state index in [0.717, 1.165) is 5.69 Å². The number of hydrogen-bond acceptors (Lipinski definition) is 9. The van der Waals surface area contributed by atoms with E-state index in [4.69, 9.17) is 10.5 Å². The number of imidazole rings is 1. The van der Waals surface area contributed by atoms with E-state index in [-0.39, 0.29) is 29.2 Å². The van der Waals surface area contributed by atoms with Crippen molar-refractivity contribution < 1.29 is 19.7 Å². The first-order chi connectivity index (χ1) is 18.8. The largest absolute Gasteiger partial charge is 0.387 e. The van der Waals surface area contributed by atoms with E-state index in [9.17, 15) is 15.0 Å². The van der Waals surface area contributed by atoms with Gasteiger partial charge in [0.05, 0.1) is 6.33 Å². The van der Waals surface area contributed by atoms with E-state index in [2.05, 4.69) is 60.2 Å². The third-order valence-corrected chi connectivity index (χ3v) is 7.44. The van der Waals surface area contributed by atoms with Gasteiger partial charge in [0.1, 0.15) is 30.2 Å². The summed E-state index contributed by atoms with van der Waals surface area (Å²) in [6, 6.07) is 7.59. The molecule has 0 bridgehead atoms. The van der Waals surface area contributed by atoms with Crippen LogP contribution in [-0.4, -0.2) is 85.2 Å². The van der Waals surface area contributed by atoms with Crippen LogP contribution in [0.15, 0.2) is 36.9 Å². The number of carbonyl (C=O) groups is 1. The second kappa shape index (κ2) is 12.0. The van der Waals surface area contributed by atoms with Crippen LogP contribution in [0, 0.1) is 5.92 Å². The molecule has 12 heteroatoms. The molecule has 218 valence electrons. The molecular weight excluding hydrogens is 512 g/mol. The molecule has 5 atom stereocenters. The van der Waals surface area contributed by atoms with Crippen molar-refractivity contribution in [2.45, 2.75) is 77.0 Å². The van der Waals surface area contributed by atoms with Gasteiger partial charge in [0.15, 0.2) is 17.7 Å². The minimum Gasteiger partial charge on any atom is -0.387 e. The molecule has 1 aromatic carbocycles. The van der Waals surface area contributed by atoms with Gasteiger partial charge in [-0.2, -0.15) is 0 Å². The SMILES string of the molecule is CC(C)[C@H](CCN(C)C[C@H]1OC(n2cnc3c(N)ncnc32)[C@H](O)[C@@H]1O)NC(=O)Nc1ccc(C(C)(C)C)cc1. The van der Waals surface area contributed by atoms with E-state index in [1.54, 1.807) is 4.57 Å². The average molecular weight is 555 g/mol. The van der Waals surface area contributed by atoms with E-state index in [1.807, 2.05) is 36.2 Å². The molecule has 1 aliphatic rings. The molecule has 3 heterocycles. The topological polar surface area (TPSA) is 164 Å². The molecule has 1 unspecified atom stereocenters. The van der Waals surface area contributed by atoms with Crippen molar-refractivity contribution in [1.82, 2.24) is 29.7 Å². The molecule has 0 aliphatic carbocycles. The number of nitrogen functional groups attached to an aromatic ring is 1. The van der Waals surface area contributed by atoms with Gasteiger partial charge in [0.25, 0.3) is 0 Å². The summed E-state index contributed by atoms with van der Waals surface area (Å²) in [5, 5.41) is 27.5. The molecule has 4 rings (SSSR count). The molecule has 1 aliphatic heterocycles. The fourth-order valence-corrected chi connectivity index (χ4v) is 4.89. The third kappa shape index (κ3) is 6.69. The van der Waals surface area contributed by atoms with Gasteiger partial charge in [0, 0.05) is 18.3 Å². The molecule has 2 amide bonds. The molecule has 12 nitrogen and oxygen atoms in total. The summed E-state index contributed by atoms with van der Waals surface area (Å²) in [4.78, 5) is 27.1. The summed E-state index contributed by atoms with van der Waals surface area (Å²) in [7, 11) is 1.92. The highest BCUT2D eigenvalue weighted by Crippen LogP contribution is 2.32. The molecule has 0 saturated carbocycles. The monoisotopic (exact) mass is 554 g/mol. The minimum atomic E-state index is -1.17. The van der Waals surface area contributed by atoms with Gasteiger partial charge in [-0.3, -0.25) is 4.57 Å². The maximum Gasteiger partial charge on any atom is 0.319 e. The first kappa shape index (κ1) is 29.7. The van der Waals surface area contributed by atoms with Gasteiger partial charge in [-0.05, 0) is 49.0 Å². The van der Waals surface area contributed by atoms with Gasteiger partial charge < -0.3 is 36.2 Å². The molecule has 3 aromatic rings. The fourth-order valence-electron chi connectivity index (χ4n) is 4.89. The molecule has 40 heavy (non-hydrogen) atoms. The van der Waals surface area contributed by atoms with Crippen molar-refractivity contribution in [2.24, 2.45) is 5.92 Å². The summed E-state index contributed by atoms with van der Waals surface area (Å²) in [6.07, 6.45) is -0.268. The van der Waals surface area contributed by atoms with Crippen LogP contribution in [0.5, 0.6) is 0 Å². The number of rotatable bonds is 9. The Hall–Kier alpha value is -3.32. The Balaban J connectivity index is 1.30. The number of fused-ring (bicyclic) bond motifs is 1. The van der Waals surface area contributed by atoms with Crippen molar-refractivity contribution in [3.8, 4) is 0 Å². The van der Waals surface area contributed by atoms with Gasteiger partial charge in [-0.25, -0.2) is 19.7 Å². The lowest BCUT2D eigenvalue weighted by atomic mass is 9.87. The maximum absolute atomic E-state index is 12.7. The summed E-state index contributed by atoms with van der Waals surface area (Å²) >= 11 is 0. The van der Waals surface area contributed by atoms with Crippen LogP contribution in [0.2, 0.25) is 0 Å². The van der Waals surface area contributed by atoms with Gasteiger partial charge in [0.2, 0.25) is 0 Å². The zero-order chi connectivity index (χ0) is 29.2. The number of anilines is 2. The first-order valence-electron chi connectivity index (χ1n) is 13.7. The Morgan fingerprint density at radius 2 is 1.85 bits per heavy atom. The van der Waals surface area contributed by atoms with Crippen LogP contribution in [0.3, 0.4) is 0 Å². The normalized spacial score (nSPS) is 22.2. The van der Waals surface area contributed by atoms with E-state index in [0.29, 0.717) is 30.7 Å². The van der Waals surface area contributed by atoms with Gasteiger partial charge >= 0.3 is 6.03 Å². The number of nitrogens with zero attached hydrogens (tertiary/aromatic N) is 5. The number of amides is 2. The van der Waals surface area contributed by atoms with Crippen LogP contribution >= 0.6 is 0 Å². The molecule has 0 radical (unpaired) electrons. The lowest BCUT2D eigenvalue weighted by Crippen LogP contribution is -2.44. The number of nitrogens with two attached hydrogens (primary N) is 1. The summed E-state index contributed by atoms with van der Waals surface area (Å²) < 4.78 is 7.63. The number of aromatic nitrogens is 4. The molecule has 1 saturated heterocycles. The fraction of sp³-hybridized carbons (Fsp3) is 0.571. The predicted molar refractivity (Wildman–Crippen MR) is 154 cm³/mol. The average Bonchev–Trinajstić information content (AvgIpc) is 3.43. The van der Waals surface area contributed by atoms with Gasteiger partial charge in [-0.1, -0.05) is 46.8 Å². The van der Waals surface area contributed by atoms with Crippen LogP contribution in [0.25, 0.3) is 11.2 Å². The maximum atomic E-state index is 12.7. The lowest BCUT2D eigenvalue weighted by molar-refractivity contribution is -0.0423. The van der Waals surface area contributed by atoms with E-state index < -0.39 is 24.5 Å². The Morgan fingerprint density at radius 1 is 1.15 bits per heavy atom. The number of benzene rings is 1. The second-order valence-electron chi connectivity index (χ2n) is 12.0.